The van der Waals surface area contributed by atoms with E-state index >= 15 is 0 Å². The van der Waals surface area contributed by atoms with Crippen LogP contribution >= 0.6 is 0 Å². The Morgan fingerprint density at radius 3 is 2.37 bits per heavy atom. The third kappa shape index (κ3) is 5.87. The van der Waals surface area contributed by atoms with Gasteiger partial charge in [-0.25, -0.2) is 9.29 Å². The number of fused-ring (bicyclic) bond motifs is 2. The number of piperidine rings is 1. The van der Waals surface area contributed by atoms with E-state index in [1.807, 2.05) is 0 Å². The molecule has 2 saturated heterocycles. The fraction of sp³-hybridized carbons (Fsp3) is 0.545. The van der Waals surface area contributed by atoms with Gasteiger partial charge in [-0.3, -0.25) is 18.7 Å². The van der Waals surface area contributed by atoms with Gasteiger partial charge in [0, 0.05) is 13.2 Å². The zero-order valence-electron chi connectivity index (χ0n) is 14.4. The summed E-state index contributed by atoms with van der Waals surface area (Å²) in [6.45, 7) is 0.353. The maximum Gasteiger partial charge on any atom is 1.00 e. The van der Waals surface area contributed by atoms with Crippen molar-refractivity contribution in [3.05, 3.63) is 17.8 Å². The van der Waals surface area contributed by atoms with Crippen LogP contribution in [0.4, 0.5) is 4.79 Å². The smallest absolute Gasteiger partial charge is 0.427 e. The molecular formula is C11H16N5NaO8S2. The van der Waals surface area contributed by atoms with E-state index < -0.39 is 32.6 Å². The van der Waals surface area contributed by atoms with Crippen molar-refractivity contribution in [2.24, 2.45) is 7.05 Å². The molecule has 146 valence electrons. The zero-order chi connectivity index (χ0) is 19.7. The summed E-state index contributed by atoms with van der Waals surface area (Å²) in [4.78, 5) is 28.2. The van der Waals surface area contributed by atoms with Crippen molar-refractivity contribution in [1.82, 2.24) is 18.8 Å². The van der Waals surface area contributed by atoms with Crippen LogP contribution in [0.15, 0.2) is 17.6 Å². The van der Waals surface area contributed by atoms with E-state index in [-0.39, 0.29) is 47.0 Å². The second kappa shape index (κ2) is 8.85. The second-order valence-electron chi connectivity index (χ2n) is 5.54. The first-order chi connectivity index (χ1) is 11.9. The third-order valence-corrected chi connectivity index (χ3v) is 5.31. The fourth-order valence-electron chi connectivity index (χ4n) is 2.66. The second-order valence-corrected chi connectivity index (χ2v) is 8.23. The van der Waals surface area contributed by atoms with Gasteiger partial charge in [-0.2, -0.15) is 16.8 Å². The molecule has 0 unspecified atom stereocenters. The van der Waals surface area contributed by atoms with Gasteiger partial charge >= 0.3 is 40.0 Å². The number of urea groups is 1. The molecule has 2 N–H and O–H groups in total. The van der Waals surface area contributed by atoms with Gasteiger partial charge in [0.1, 0.15) is 0 Å². The van der Waals surface area contributed by atoms with Crippen LogP contribution in [0.1, 0.15) is 12.8 Å². The van der Waals surface area contributed by atoms with Crippen LogP contribution in [0.3, 0.4) is 0 Å². The van der Waals surface area contributed by atoms with Gasteiger partial charge in [0.25, 0.3) is 10.0 Å². The Hall–Kier alpha value is -1.23. The molecule has 1 aromatic heterocycles. The topological polar surface area (TPSA) is 181 Å². The molecule has 0 aromatic carbocycles. The number of hydrogen-bond donors (Lipinski definition) is 2. The first kappa shape index (κ1) is 23.8. The monoisotopic (exact) mass is 433 g/mol. The van der Waals surface area contributed by atoms with Crippen molar-refractivity contribution in [3.63, 3.8) is 0 Å². The van der Waals surface area contributed by atoms with Gasteiger partial charge in [-0.05, 0) is 25.4 Å². The first-order valence-electron chi connectivity index (χ1n) is 7.11. The Balaban J connectivity index is 0.000000542. The minimum absolute atomic E-state index is 0. The van der Waals surface area contributed by atoms with Crippen LogP contribution in [-0.4, -0.2) is 75.9 Å². The Kier molecular flexibility index (Phi) is 7.80. The quantitative estimate of drug-likeness (QED) is 0.273. The summed E-state index contributed by atoms with van der Waals surface area (Å²) in [5.74, 6) is 0. The van der Waals surface area contributed by atoms with Gasteiger partial charge in [0.2, 0.25) is 6.41 Å². The summed E-state index contributed by atoms with van der Waals surface area (Å²) < 4.78 is 58.7. The summed E-state index contributed by atoms with van der Waals surface area (Å²) >= 11 is 0. The molecule has 0 aliphatic carbocycles. The van der Waals surface area contributed by atoms with Crippen molar-refractivity contribution in [3.8, 4) is 0 Å². The number of rotatable bonds is 4. The Bertz CT molecular complexity index is 894. The van der Waals surface area contributed by atoms with Crippen LogP contribution in [-0.2, 0) is 32.3 Å². The molecule has 2 fully saturated rings. The predicted molar refractivity (Wildman–Crippen MR) is 84.7 cm³/mol. The van der Waals surface area contributed by atoms with Crippen molar-refractivity contribution < 1.29 is 65.1 Å². The molecule has 2 atom stereocenters. The van der Waals surface area contributed by atoms with Crippen LogP contribution in [0.25, 0.3) is 5.32 Å². The number of nitrogens with zero attached hydrogens (tertiary/aromatic N) is 5. The summed E-state index contributed by atoms with van der Waals surface area (Å²) in [5, 5.41) is 3.69. The zero-order valence-corrected chi connectivity index (χ0v) is 18.0. The van der Waals surface area contributed by atoms with Gasteiger partial charge in [-0.15, -0.1) is 0 Å². The van der Waals surface area contributed by atoms with Crippen LogP contribution in [0, 0.1) is 0 Å². The molecule has 1 aromatic rings. The number of aromatic nitrogens is 2. The fourth-order valence-corrected chi connectivity index (χ4v) is 4.01. The normalized spacial score (nSPS) is 21.4. The standard InChI is InChI=1S/C11H15N5O4S.Na.H2O4S/c1-14-5-9(12-6-14)21(19,20)16(7-17)10-3-2-8-4-15(10)11(18)13-8;;1-5(2,3)4/h5-8,10H,2-4H2,1H3,(H,13,18);;(H2,1,2,3,4)/q;+1;/p-1/t8-,10+;;/m1../s1. The number of carbonyl (C=O) groups excluding carboxylic acids is 2. The Morgan fingerprint density at radius 2 is 1.89 bits per heavy atom. The van der Waals surface area contributed by atoms with E-state index in [0.717, 1.165) is 0 Å². The van der Waals surface area contributed by atoms with E-state index in [4.69, 9.17) is 17.5 Å². The van der Waals surface area contributed by atoms with E-state index in [9.17, 15) is 18.0 Å². The van der Waals surface area contributed by atoms with E-state index in [2.05, 4.69) is 10.3 Å². The average Bonchev–Trinajstić information content (AvgIpc) is 3.05. The van der Waals surface area contributed by atoms with Gasteiger partial charge in [0.05, 0.1) is 12.5 Å². The minimum Gasteiger partial charge on any atom is -0.427 e. The van der Waals surface area contributed by atoms with E-state index in [0.29, 0.717) is 23.7 Å². The number of amides is 3. The largest absolute Gasteiger partial charge is 1.00 e. The molecule has 0 saturated carbocycles. The van der Waals surface area contributed by atoms with Crippen molar-refractivity contribution in [1.29, 1.82) is 0 Å². The van der Waals surface area contributed by atoms with Crippen LogP contribution < -0.4 is 29.6 Å². The maximum atomic E-state index is 12.5. The molecule has 3 rings (SSSR count). The van der Waals surface area contributed by atoms with Crippen molar-refractivity contribution in [2.45, 2.75) is 30.1 Å². The number of hydrogen-bond acceptors (Lipinski definition) is 7. The summed E-state index contributed by atoms with van der Waals surface area (Å²) in [5.41, 5.74) is 0. The molecule has 2 aliphatic rings. The van der Waals surface area contributed by atoms with E-state index in [1.54, 1.807) is 7.05 Å². The molecular weight excluding hydrogens is 417 g/mol. The van der Waals surface area contributed by atoms with E-state index in [1.165, 1.54) is 22.0 Å². The molecule has 0 radical (unpaired) electrons. The number of imidazole rings is 1. The Labute approximate surface area is 177 Å². The number of sulfonamides is 1. The number of carbonyl (C=O) groups is 2. The molecule has 13 nitrogen and oxygen atoms in total. The molecule has 2 bridgehead atoms. The molecule has 3 heterocycles. The van der Waals surface area contributed by atoms with Gasteiger partial charge in [0.15, 0.2) is 11.1 Å². The van der Waals surface area contributed by atoms with Gasteiger partial charge in [-0.1, -0.05) is 0 Å². The van der Waals surface area contributed by atoms with Crippen LogP contribution in [0.2, 0.25) is 0 Å². The summed E-state index contributed by atoms with van der Waals surface area (Å²) in [6.07, 6.45) is 3.02. The average molecular weight is 433 g/mol. The van der Waals surface area contributed by atoms with Crippen LogP contribution in [0.5, 0.6) is 0 Å². The molecule has 3 amide bonds. The number of aryl methyl sites for hydroxylation is 1. The molecule has 0 spiro atoms. The summed E-state index contributed by atoms with van der Waals surface area (Å²) in [6, 6.07) is -0.564. The maximum absolute atomic E-state index is 12.5. The predicted octanol–water partition coefficient (Wildman–Crippen LogP) is -3.78. The third-order valence-electron chi connectivity index (χ3n) is 3.68. The molecule has 16 heteroatoms. The Morgan fingerprint density at radius 1 is 1.30 bits per heavy atom. The first-order valence-corrected chi connectivity index (χ1v) is 9.95. The van der Waals surface area contributed by atoms with Crippen molar-refractivity contribution >= 4 is 32.9 Å². The van der Waals surface area contributed by atoms with Gasteiger partial charge < -0.3 is 14.8 Å². The molecule has 27 heavy (non-hydrogen) atoms. The molecule has 2 aliphatic heterocycles. The summed E-state index contributed by atoms with van der Waals surface area (Å²) in [7, 11) is -7.12. The minimum atomic E-state index is -4.67. The SMILES string of the molecule is Cn1cnc(S(=O)(=O)N(C=O)[C@H]2CC[C@@H]3CN2C(=O)[N-]3)c1.O=S(=O)(O)O.[Na+]. The van der Waals surface area contributed by atoms with Crippen molar-refractivity contribution in [2.75, 3.05) is 6.54 Å².